The molecule has 2 rings (SSSR count). The predicted octanol–water partition coefficient (Wildman–Crippen LogP) is 0.369. The second-order valence-corrected chi connectivity index (χ2v) is 6.40. The van der Waals surface area contributed by atoms with E-state index in [1.54, 1.807) is 0 Å². The van der Waals surface area contributed by atoms with Gasteiger partial charge in [-0.2, -0.15) is 4.31 Å². The van der Waals surface area contributed by atoms with Crippen LogP contribution in [-0.2, 0) is 14.8 Å². The normalized spacial score (nSPS) is 16.8. The number of hydrogen-bond donors (Lipinski definition) is 1. The van der Waals surface area contributed by atoms with E-state index in [2.05, 4.69) is 5.32 Å². The van der Waals surface area contributed by atoms with Crippen LogP contribution in [0, 0.1) is 10.1 Å². The minimum absolute atomic E-state index is 0.116. The van der Waals surface area contributed by atoms with Crippen LogP contribution in [0.15, 0.2) is 23.1 Å². The quantitative estimate of drug-likeness (QED) is 0.639. The molecule has 0 unspecified atom stereocenters. The highest BCUT2D eigenvalue weighted by atomic mass is 35.5. The summed E-state index contributed by atoms with van der Waals surface area (Å²) in [5, 5.41) is 13.1. The van der Waals surface area contributed by atoms with E-state index in [9.17, 15) is 23.3 Å². The molecule has 1 saturated heterocycles. The third kappa shape index (κ3) is 2.74. The Morgan fingerprint density at radius 2 is 2.10 bits per heavy atom. The molecule has 0 bridgehead atoms. The van der Waals surface area contributed by atoms with E-state index in [-0.39, 0.29) is 29.6 Å². The molecule has 1 heterocycles. The van der Waals surface area contributed by atoms with Gasteiger partial charge in [0.15, 0.2) is 0 Å². The van der Waals surface area contributed by atoms with Crippen LogP contribution in [0.5, 0.6) is 0 Å². The van der Waals surface area contributed by atoms with Gasteiger partial charge in [-0.05, 0) is 12.1 Å². The molecule has 0 aromatic heterocycles. The molecule has 1 aromatic carbocycles. The highest BCUT2D eigenvalue weighted by Gasteiger charge is 2.30. The van der Waals surface area contributed by atoms with Crippen LogP contribution in [0.25, 0.3) is 0 Å². The van der Waals surface area contributed by atoms with Crippen LogP contribution in [0.2, 0.25) is 5.02 Å². The molecule has 0 radical (unpaired) electrons. The Morgan fingerprint density at radius 1 is 1.40 bits per heavy atom. The number of carbonyl (C=O) groups excluding carboxylic acids is 1. The molecule has 8 nitrogen and oxygen atoms in total. The zero-order valence-corrected chi connectivity index (χ0v) is 11.6. The van der Waals surface area contributed by atoms with Crippen LogP contribution in [0.3, 0.4) is 0 Å². The van der Waals surface area contributed by atoms with E-state index in [1.165, 1.54) is 6.07 Å². The number of sulfonamides is 1. The van der Waals surface area contributed by atoms with E-state index in [4.69, 9.17) is 11.6 Å². The fourth-order valence-corrected chi connectivity index (χ4v) is 3.37. The van der Waals surface area contributed by atoms with Crippen molar-refractivity contribution in [1.82, 2.24) is 9.62 Å². The second-order valence-electron chi connectivity index (χ2n) is 4.06. The molecule has 0 spiro atoms. The molecule has 0 atom stereocenters. The molecule has 1 fully saturated rings. The summed E-state index contributed by atoms with van der Waals surface area (Å²) < 4.78 is 25.6. The van der Waals surface area contributed by atoms with E-state index < -0.39 is 26.5 Å². The molecule has 1 amide bonds. The van der Waals surface area contributed by atoms with Crippen molar-refractivity contribution < 1.29 is 18.1 Å². The lowest BCUT2D eigenvalue weighted by molar-refractivity contribution is -0.384. The van der Waals surface area contributed by atoms with Gasteiger partial charge in [-0.15, -0.1) is 0 Å². The molecule has 1 aromatic rings. The van der Waals surface area contributed by atoms with Gasteiger partial charge >= 0.3 is 0 Å². The summed E-state index contributed by atoms with van der Waals surface area (Å²) in [5.41, 5.74) is -0.491. The highest BCUT2D eigenvalue weighted by Crippen LogP contribution is 2.28. The van der Waals surface area contributed by atoms with Gasteiger partial charge in [0.05, 0.1) is 16.4 Å². The molecule has 0 saturated carbocycles. The Labute approximate surface area is 119 Å². The Bertz CT molecular complexity index is 675. The number of benzene rings is 1. The van der Waals surface area contributed by atoms with Gasteiger partial charge in [0.2, 0.25) is 15.9 Å². The van der Waals surface area contributed by atoms with E-state index in [1.807, 2.05) is 0 Å². The van der Waals surface area contributed by atoms with Crippen LogP contribution < -0.4 is 5.32 Å². The van der Waals surface area contributed by atoms with Gasteiger partial charge in [0.25, 0.3) is 5.69 Å². The number of rotatable bonds is 3. The standard InChI is InChI=1S/C10H10ClN3O5S/c11-8-2-1-7(5-9(8)14(16)17)20(18,19)13-4-3-12-10(15)6-13/h1-2,5H,3-4,6H2,(H,12,15). The minimum atomic E-state index is -3.96. The third-order valence-electron chi connectivity index (χ3n) is 2.76. The van der Waals surface area contributed by atoms with Crippen molar-refractivity contribution in [1.29, 1.82) is 0 Å². The topological polar surface area (TPSA) is 110 Å². The Morgan fingerprint density at radius 3 is 2.70 bits per heavy atom. The first-order valence-corrected chi connectivity index (χ1v) is 7.35. The Balaban J connectivity index is 2.41. The van der Waals surface area contributed by atoms with Crippen molar-refractivity contribution in [3.05, 3.63) is 33.3 Å². The summed E-state index contributed by atoms with van der Waals surface area (Å²) in [4.78, 5) is 21.0. The Hall–Kier alpha value is -1.71. The van der Waals surface area contributed by atoms with Crippen molar-refractivity contribution in [2.75, 3.05) is 19.6 Å². The lowest BCUT2D eigenvalue weighted by atomic mass is 10.3. The lowest BCUT2D eigenvalue weighted by Crippen LogP contribution is -2.49. The first kappa shape index (κ1) is 14.7. The molecule has 1 aliphatic rings. The average Bonchev–Trinajstić information content (AvgIpc) is 2.38. The average molecular weight is 320 g/mol. The molecule has 0 aliphatic carbocycles. The summed E-state index contributed by atoms with van der Waals surface area (Å²) >= 11 is 5.64. The molecule has 10 heteroatoms. The maximum Gasteiger partial charge on any atom is 0.289 e. The fourth-order valence-electron chi connectivity index (χ4n) is 1.76. The van der Waals surface area contributed by atoms with Gasteiger partial charge in [0, 0.05) is 19.2 Å². The maximum absolute atomic E-state index is 12.3. The molecular weight excluding hydrogens is 310 g/mol. The minimum Gasteiger partial charge on any atom is -0.354 e. The fraction of sp³-hybridized carbons (Fsp3) is 0.300. The summed E-state index contributed by atoms with van der Waals surface area (Å²) in [6, 6.07) is 3.22. The van der Waals surface area contributed by atoms with E-state index in [0.717, 1.165) is 16.4 Å². The first-order valence-electron chi connectivity index (χ1n) is 5.53. The summed E-state index contributed by atoms with van der Waals surface area (Å²) in [7, 11) is -3.96. The Kier molecular flexibility index (Phi) is 3.93. The molecule has 20 heavy (non-hydrogen) atoms. The van der Waals surface area contributed by atoms with E-state index in [0.29, 0.717) is 0 Å². The van der Waals surface area contributed by atoms with Gasteiger partial charge < -0.3 is 5.32 Å². The number of piperazine rings is 1. The number of nitrogens with one attached hydrogen (secondary N) is 1. The van der Waals surface area contributed by atoms with Gasteiger partial charge in [-0.1, -0.05) is 11.6 Å². The zero-order chi connectivity index (χ0) is 14.9. The second kappa shape index (κ2) is 5.35. The third-order valence-corrected chi connectivity index (χ3v) is 4.92. The predicted molar refractivity (Wildman–Crippen MR) is 69.9 cm³/mol. The van der Waals surface area contributed by atoms with Crippen molar-refractivity contribution in [2.24, 2.45) is 0 Å². The molecular formula is C10H10ClN3O5S. The summed E-state index contributed by atoms with van der Waals surface area (Å²) in [6.07, 6.45) is 0. The first-order chi connectivity index (χ1) is 9.32. The number of amides is 1. The number of nitro benzene ring substituents is 1. The summed E-state index contributed by atoms with van der Waals surface area (Å²) in [5.74, 6) is -0.414. The van der Waals surface area contributed by atoms with Crippen LogP contribution in [0.1, 0.15) is 0 Å². The monoisotopic (exact) mass is 319 g/mol. The molecule has 1 N–H and O–H groups in total. The number of nitrogens with zero attached hydrogens (tertiary/aromatic N) is 2. The SMILES string of the molecule is O=C1CN(S(=O)(=O)c2ccc(Cl)c([N+](=O)[O-])c2)CCN1. The summed E-state index contributed by atoms with van der Waals surface area (Å²) in [6.45, 7) is 0.0109. The highest BCUT2D eigenvalue weighted by molar-refractivity contribution is 7.89. The molecule has 1 aliphatic heterocycles. The van der Waals surface area contributed by atoms with Gasteiger partial charge in [-0.3, -0.25) is 14.9 Å². The number of nitro groups is 1. The maximum atomic E-state index is 12.3. The van der Waals surface area contributed by atoms with Crippen LogP contribution in [0.4, 0.5) is 5.69 Å². The van der Waals surface area contributed by atoms with Gasteiger partial charge in [-0.25, -0.2) is 8.42 Å². The van der Waals surface area contributed by atoms with Crippen molar-refractivity contribution in [3.63, 3.8) is 0 Å². The van der Waals surface area contributed by atoms with E-state index >= 15 is 0 Å². The van der Waals surface area contributed by atoms with Gasteiger partial charge in [0.1, 0.15) is 5.02 Å². The van der Waals surface area contributed by atoms with Crippen molar-refractivity contribution in [3.8, 4) is 0 Å². The van der Waals surface area contributed by atoms with Crippen molar-refractivity contribution >= 4 is 33.2 Å². The largest absolute Gasteiger partial charge is 0.354 e. The number of hydrogen-bond acceptors (Lipinski definition) is 5. The lowest BCUT2D eigenvalue weighted by Gasteiger charge is -2.25. The zero-order valence-electron chi connectivity index (χ0n) is 10.1. The number of halogens is 1. The van der Waals surface area contributed by atoms with Crippen LogP contribution >= 0.6 is 11.6 Å². The molecule has 108 valence electrons. The van der Waals surface area contributed by atoms with Crippen LogP contribution in [-0.4, -0.2) is 43.2 Å². The van der Waals surface area contributed by atoms with Crippen molar-refractivity contribution in [2.45, 2.75) is 4.90 Å². The smallest absolute Gasteiger partial charge is 0.289 e. The number of carbonyl (C=O) groups is 1.